The van der Waals surface area contributed by atoms with E-state index in [1.165, 1.54) is 43.3 Å². The fraction of sp³-hybridized carbons (Fsp3) is 0.192. The van der Waals surface area contributed by atoms with Gasteiger partial charge in [-0.25, -0.2) is 8.42 Å². The van der Waals surface area contributed by atoms with Gasteiger partial charge in [0, 0.05) is 26.7 Å². The molecule has 0 fully saturated rings. The van der Waals surface area contributed by atoms with Crippen molar-refractivity contribution in [1.82, 2.24) is 0 Å². The van der Waals surface area contributed by atoms with Gasteiger partial charge in [-0.1, -0.05) is 80.6 Å². The van der Waals surface area contributed by atoms with Crippen LogP contribution in [0.2, 0.25) is 0 Å². The van der Waals surface area contributed by atoms with E-state index >= 15 is 0 Å². The van der Waals surface area contributed by atoms with E-state index in [0.29, 0.717) is 0 Å². The molecule has 5 nitrogen and oxygen atoms in total. The summed E-state index contributed by atoms with van der Waals surface area (Å²) in [7, 11) is -19.6. The molecule has 0 aliphatic heterocycles. The Bertz CT molecular complexity index is 1360. The summed E-state index contributed by atoms with van der Waals surface area (Å²) >= 11 is 5.82. The highest BCUT2D eigenvalue weighted by molar-refractivity contribution is 8.46. The van der Waals surface area contributed by atoms with E-state index in [1.54, 1.807) is 54.6 Å². The summed E-state index contributed by atoms with van der Waals surface area (Å²) in [5, 5.41) is -3.90. The van der Waals surface area contributed by atoms with Crippen molar-refractivity contribution in [3.8, 4) is 0 Å². The third-order valence-electron chi connectivity index (χ3n) is 5.55. The Labute approximate surface area is 236 Å². The molecule has 0 aromatic heterocycles. The second-order valence-electron chi connectivity index (χ2n) is 8.68. The zero-order valence-corrected chi connectivity index (χ0v) is 24.2. The zero-order chi connectivity index (χ0) is 29.9. The molecular formula is C26H26ClF5O5S3. The Balaban J connectivity index is 2.18. The van der Waals surface area contributed by atoms with Crippen molar-refractivity contribution in [1.29, 1.82) is 0 Å². The minimum absolute atomic E-state index is 0.191. The number of ether oxygens (including phenoxy) is 1. The van der Waals surface area contributed by atoms with Crippen molar-refractivity contribution in [2.45, 2.75) is 38.0 Å². The maximum Gasteiger partial charge on any atom is 0.333 e. The SMILES string of the molecule is C=C(C)C(=O)OCCC(C(Cl)S(=O)(=O)OS(c1ccccc1)(c1ccccc1)c1ccccc1)S(F)(F)(F)(F)F. The molecule has 3 rings (SSSR count). The smallest absolute Gasteiger partial charge is 0.333 e. The van der Waals surface area contributed by atoms with Crippen LogP contribution in [0.3, 0.4) is 0 Å². The third kappa shape index (κ3) is 7.38. The monoisotopic (exact) mass is 644 g/mol. The number of carbonyl (C=O) groups is 1. The van der Waals surface area contributed by atoms with Crippen molar-refractivity contribution >= 4 is 48.2 Å². The summed E-state index contributed by atoms with van der Waals surface area (Å²) in [5.41, 5.74) is -0.191. The minimum atomic E-state index is -10.6. The lowest BCUT2D eigenvalue weighted by Gasteiger charge is -2.48. The first kappa shape index (κ1) is 31.9. The molecule has 0 N–H and O–H groups in total. The van der Waals surface area contributed by atoms with Gasteiger partial charge in [-0.15, -0.1) is 11.6 Å². The maximum absolute atomic E-state index is 14.2. The van der Waals surface area contributed by atoms with E-state index in [1.807, 2.05) is 0 Å². The number of benzene rings is 3. The Morgan fingerprint density at radius 3 is 1.52 bits per heavy atom. The van der Waals surface area contributed by atoms with E-state index in [2.05, 4.69) is 11.3 Å². The lowest BCUT2D eigenvalue weighted by molar-refractivity contribution is -0.139. The molecule has 2 atom stereocenters. The van der Waals surface area contributed by atoms with Crippen molar-refractivity contribution < 1.29 is 41.0 Å². The van der Waals surface area contributed by atoms with Gasteiger partial charge in [0.1, 0.15) is 5.25 Å². The van der Waals surface area contributed by atoms with Gasteiger partial charge in [0.15, 0.2) is 4.71 Å². The van der Waals surface area contributed by atoms with Gasteiger partial charge in [0.05, 0.1) is 6.61 Å². The van der Waals surface area contributed by atoms with E-state index in [0.717, 1.165) is 0 Å². The van der Waals surface area contributed by atoms with Crippen LogP contribution >= 0.6 is 32.1 Å². The first-order chi connectivity index (χ1) is 18.4. The van der Waals surface area contributed by atoms with Crippen LogP contribution in [0.15, 0.2) is 118 Å². The number of alkyl halides is 1. The second kappa shape index (κ2) is 11.0. The molecule has 0 radical (unpaired) electrons. The fourth-order valence-electron chi connectivity index (χ4n) is 3.68. The predicted molar refractivity (Wildman–Crippen MR) is 149 cm³/mol. The van der Waals surface area contributed by atoms with Crippen molar-refractivity contribution in [2.24, 2.45) is 0 Å². The first-order valence-corrected chi connectivity index (χ1v) is 17.0. The lowest BCUT2D eigenvalue weighted by Crippen LogP contribution is -2.40. The van der Waals surface area contributed by atoms with Crippen LogP contribution < -0.4 is 0 Å². The normalized spacial score (nSPS) is 16.2. The fourth-order valence-corrected chi connectivity index (χ4v) is 12.0. The molecular weight excluding hydrogens is 619 g/mol. The van der Waals surface area contributed by atoms with Crippen molar-refractivity contribution in [3.63, 3.8) is 0 Å². The van der Waals surface area contributed by atoms with E-state index in [-0.39, 0.29) is 20.3 Å². The highest BCUT2D eigenvalue weighted by Gasteiger charge is 2.73. The van der Waals surface area contributed by atoms with Gasteiger partial charge in [0.25, 0.3) is 20.3 Å². The summed E-state index contributed by atoms with van der Waals surface area (Å²) in [6.45, 7) is 3.27. The number of hydrogen-bond acceptors (Lipinski definition) is 5. The van der Waals surface area contributed by atoms with Crippen LogP contribution in [-0.4, -0.2) is 31.0 Å². The molecule has 0 aliphatic rings. The molecule has 2 unspecified atom stereocenters. The Hall–Kier alpha value is -2.58. The van der Waals surface area contributed by atoms with Crippen LogP contribution in [0, 0.1) is 0 Å². The quantitative estimate of drug-likeness (QED) is 0.0852. The molecule has 3 aromatic carbocycles. The molecule has 0 spiro atoms. The summed E-state index contributed by atoms with van der Waals surface area (Å²) in [6.07, 6.45) is -1.63. The number of esters is 1. The molecule has 0 amide bonds. The minimum Gasteiger partial charge on any atom is -0.462 e. The predicted octanol–water partition coefficient (Wildman–Crippen LogP) is 8.97. The number of carbonyl (C=O) groups excluding carboxylic acids is 1. The zero-order valence-electron chi connectivity index (χ0n) is 21.0. The Morgan fingerprint density at radius 2 is 1.20 bits per heavy atom. The van der Waals surface area contributed by atoms with Gasteiger partial charge in [0.2, 0.25) is 0 Å². The van der Waals surface area contributed by atoms with Gasteiger partial charge in [-0.2, -0.15) is 8.42 Å². The molecule has 0 bridgehead atoms. The average Bonchev–Trinajstić information content (AvgIpc) is 2.89. The average molecular weight is 645 g/mol. The number of halogens is 6. The van der Waals surface area contributed by atoms with Gasteiger partial charge >= 0.3 is 5.97 Å². The van der Waals surface area contributed by atoms with E-state index in [9.17, 15) is 32.6 Å². The summed E-state index contributed by atoms with van der Waals surface area (Å²) < 4.78 is 105. The summed E-state index contributed by atoms with van der Waals surface area (Å²) in [6, 6.07) is 23.5. The van der Waals surface area contributed by atoms with Crippen LogP contribution in [-0.2, 0) is 23.3 Å². The lowest BCUT2D eigenvalue weighted by atomic mass is 10.3. The molecule has 0 saturated carbocycles. The van der Waals surface area contributed by atoms with Gasteiger partial charge in [-0.3, -0.25) is 0 Å². The molecule has 0 aliphatic carbocycles. The molecule has 40 heavy (non-hydrogen) atoms. The van der Waals surface area contributed by atoms with E-state index in [4.69, 9.17) is 15.2 Å². The second-order valence-corrected chi connectivity index (χ2v) is 16.6. The molecule has 14 heteroatoms. The van der Waals surface area contributed by atoms with Gasteiger partial charge < -0.3 is 4.74 Å². The Morgan fingerprint density at radius 1 is 0.825 bits per heavy atom. The van der Waals surface area contributed by atoms with E-state index < -0.39 is 59.6 Å². The van der Waals surface area contributed by atoms with Crippen molar-refractivity contribution in [3.05, 3.63) is 103 Å². The molecule has 0 heterocycles. The first-order valence-electron chi connectivity index (χ1n) is 11.5. The summed E-state index contributed by atoms with van der Waals surface area (Å²) in [4.78, 5) is 12.4. The largest absolute Gasteiger partial charge is 0.462 e. The number of hydrogen-bond donors (Lipinski definition) is 0. The topological polar surface area (TPSA) is 69.7 Å². The molecule has 3 aromatic rings. The molecule has 220 valence electrons. The third-order valence-corrected chi connectivity index (χ3v) is 13.7. The van der Waals surface area contributed by atoms with Crippen LogP contribution in [0.5, 0.6) is 0 Å². The highest BCUT2D eigenvalue weighted by atomic mass is 35.5. The highest BCUT2D eigenvalue weighted by Crippen LogP contribution is 3.01. The van der Waals surface area contributed by atoms with Crippen LogP contribution in [0.1, 0.15) is 13.3 Å². The Kier molecular flexibility index (Phi) is 8.79. The number of rotatable bonds is 12. The summed E-state index contributed by atoms with van der Waals surface area (Å²) in [5.74, 6) is -1.13. The standard InChI is InChI=1S/C26H26ClF5O5S3/c1-20(2)26(33)36-19-18-24(40(28,29,30,31)32)25(27)39(34,35)37-38(21-12-6-3-7-13-21,22-14-8-4-9-15-22)23-16-10-5-11-17-23/h3-17,24-25H,1,18-19H2,2H3. The van der Waals surface area contributed by atoms with Crippen LogP contribution in [0.4, 0.5) is 19.4 Å². The molecule has 0 saturated heterocycles. The van der Waals surface area contributed by atoms with Crippen LogP contribution in [0.25, 0.3) is 0 Å². The van der Waals surface area contributed by atoms with Crippen molar-refractivity contribution in [2.75, 3.05) is 6.61 Å². The maximum atomic E-state index is 14.2. The van der Waals surface area contributed by atoms with Gasteiger partial charge in [-0.05, 0) is 53.6 Å².